The quantitative estimate of drug-likeness (QED) is 0.243. The van der Waals surface area contributed by atoms with Gasteiger partial charge in [0.15, 0.2) is 0 Å². The highest BCUT2D eigenvalue weighted by molar-refractivity contribution is 7.91. The standard InChI is InChI=1S/C35H44N4O4S2/c1-3-7-28(26-44(2,40)41)22-35(27-36,30-8-5-4-6-9-30)31-16-20-38(21-17-31)23-29-24-39(25-29)32-10-12-33(13-11-32)45(42,43)34-14-18-37-19-15-34/h4-6,8-15,18-19,28-29,31H,3,7,16-17,20-26H2,1-2H3/t28-,35?/m0/s1. The Hall–Kier alpha value is -3.26. The maximum absolute atomic E-state index is 12.9. The van der Waals surface area contributed by atoms with Crippen molar-refractivity contribution in [2.75, 3.05) is 49.6 Å². The number of nitriles is 1. The lowest BCUT2D eigenvalue weighted by Crippen LogP contribution is -2.53. The third-order valence-corrected chi connectivity index (χ3v) is 12.4. The van der Waals surface area contributed by atoms with Gasteiger partial charge in [0.05, 0.1) is 27.0 Å². The molecule has 2 atom stereocenters. The molecule has 1 aromatic heterocycles. The molecule has 2 aliphatic rings. The van der Waals surface area contributed by atoms with Gasteiger partial charge in [-0.05, 0) is 92.6 Å². The summed E-state index contributed by atoms with van der Waals surface area (Å²) in [6, 6.07) is 22.9. The van der Waals surface area contributed by atoms with E-state index in [-0.39, 0.29) is 27.4 Å². The Kier molecular flexibility index (Phi) is 10.3. The highest BCUT2D eigenvalue weighted by atomic mass is 32.2. The van der Waals surface area contributed by atoms with Crippen molar-refractivity contribution in [1.29, 1.82) is 5.26 Å². The molecule has 0 bridgehead atoms. The van der Waals surface area contributed by atoms with Crippen LogP contribution in [0.2, 0.25) is 0 Å². The van der Waals surface area contributed by atoms with Gasteiger partial charge in [-0.25, -0.2) is 16.8 Å². The molecule has 0 saturated carbocycles. The molecule has 45 heavy (non-hydrogen) atoms. The second-order valence-electron chi connectivity index (χ2n) is 12.9. The number of sulfone groups is 2. The Balaban J connectivity index is 1.18. The monoisotopic (exact) mass is 648 g/mol. The van der Waals surface area contributed by atoms with Gasteiger partial charge in [-0.3, -0.25) is 4.98 Å². The molecule has 8 nitrogen and oxygen atoms in total. The van der Waals surface area contributed by atoms with Crippen LogP contribution in [0.5, 0.6) is 0 Å². The summed E-state index contributed by atoms with van der Waals surface area (Å²) in [6.45, 7) is 6.76. The zero-order chi connectivity index (χ0) is 32.1. The molecule has 10 heteroatoms. The molecular formula is C35H44N4O4S2. The van der Waals surface area contributed by atoms with E-state index in [0.29, 0.717) is 12.3 Å². The number of aromatic nitrogens is 1. The summed E-state index contributed by atoms with van der Waals surface area (Å²) in [5.41, 5.74) is 1.33. The average molecular weight is 649 g/mol. The highest BCUT2D eigenvalue weighted by Crippen LogP contribution is 2.44. The number of hydrogen-bond donors (Lipinski definition) is 0. The summed E-state index contributed by atoms with van der Waals surface area (Å²) in [4.78, 5) is 9.22. The second kappa shape index (κ2) is 14.0. The highest BCUT2D eigenvalue weighted by Gasteiger charge is 2.44. The van der Waals surface area contributed by atoms with E-state index in [2.05, 4.69) is 27.8 Å². The molecule has 0 spiro atoms. The van der Waals surface area contributed by atoms with Crippen LogP contribution in [0.4, 0.5) is 5.69 Å². The number of rotatable bonds is 13. The van der Waals surface area contributed by atoms with Crippen molar-refractivity contribution >= 4 is 25.4 Å². The minimum absolute atomic E-state index is 0.0475. The molecule has 1 unspecified atom stereocenters. The Morgan fingerprint density at radius 3 is 2.13 bits per heavy atom. The lowest BCUT2D eigenvalue weighted by molar-refractivity contribution is 0.115. The largest absolute Gasteiger partial charge is 0.371 e. The number of anilines is 1. The van der Waals surface area contributed by atoms with Crippen molar-refractivity contribution in [2.45, 2.75) is 54.2 Å². The zero-order valence-electron chi connectivity index (χ0n) is 26.3. The molecule has 0 radical (unpaired) electrons. The summed E-state index contributed by atoms with van der Waals surface area (Å²) < 4.78 is 50.4. The fraction of sp³-hybridized carbons (Fsp3) is 0.486. The maximum atomic E-state index is 12.9. The van der Waals surface area contributed by atoms with E-state index >= 15 is 0 Å². The van der Waals surface area contributed by atoms with E-state index in [1.807, 2.05) is 42.5 Å². The lowest BCUT2D eigenvalue weighted by Gasteiger charge is -2.46. The fourth-order valence-electron chi connectivity index (χ4n) is 7.35. The third kappa shape index (κ3) is 7.76. The molecule has 0 amide bonds. The van der Waals surface area contributed by atoms with Gasteiger partial charge in [-0.1, -0.05) is 43.7 Å². The molecule has 2 saturated heterocycles. The van der Waals surface area contributed by atoms with E-state index in [1.165, 1.54) is 30.8 Å². The number of pyridine rings is 1. The first-order valence-corrected chi connectivity index (χ1v) is 19.5. The number of likely N-dealkylation sites (tertiary alicyclic amines) is 1. The third-order valence-electron chi connectivity index (χ3n) is 9.56. The second-order valence-corrected chi connectivity index (χ2v) is 17.1. The van der Waals surface area contributed by atoms with Crippen LogP contribution < -0.4 is 4.90 Å². The van der Waals surface area contributed by atoms with Crippen molar-refractivity contribution < 1.29 is 16.8 Å². The molecule has 2 fully saturated rings. The zero-order valence-corrected chi connectivity index (χ0v) is 27.9. The smallest absolute Gasteiger partial charge is 0.206 e. The van der Waals surface area contributed by atoms with Crippen molar-refractivity contribution in [2.24, 2.45) is 17.8 Å². The van der Waals surface area contributed by atoms with Gasteiger partial charge in [0, 0.05) is 49.9 Å². The Morgan fingerprint density at radius 2 is 1.56 bits per heavy atom. The van der Waals surface area contributed by atoms with Crippen LogP contribution in [0.1, 0.15) is 44.6 Å². The number of benzene rings is 2. The van der Waals surface area contributed by atoms with Crippen LogP contribution in [-0.2, 0) is 25.1 Å². The number of piperidine rings is 1. The van der Waals surface area contributed by atoms with Crippen LogP contribution in [0.25, 0.3) is 0 Å². The van der Waals surface area contributed by atoms with Crippen LogP contribution in [0.3, 0.4) is 0 Å². The maximum Gasteiger partial charge on any atom is 0.206 e. The molecule has 5 rings (SSSR count). The van der Waals surface area contributed by atoms with E-state index in [4.69, 9.17) is 0 Å². The normalized spacial score (nSPS) is 18.9. The Morgan fingerprint density at radius 1 is 0.933 bits per heavy atom. The topological polar surface area (TPSA) is 111 Å². The summed E-state index contributed by atoms with van der Waals surface area (Å²) in [5, 5.41) is 10.8. The van der Waals surface area contributed by atoms with E-state index in [0.717, 1.165) is 69.7 Å². The first kappa shape index (κ1) is 33.1. The summed E-state index contributed by atoms with van der Waals surface area (Å²) >= 11 is 0. The first-order chi connectivity index (χ1) is 21.5. The summed E-state index contributed by atoms with van der Waals surface area (Å²) in [6.07, 6.45) is 8.34. The molecule has 240 valence electrons. The predicted octanol–water partition coefficient (Wildman–Crippen LogP) is 5.38. The van der Waals surface area contributed by atoms with Crippen molar-refractivity contribution in [3.8, 4) is 6.07 Å². The van der Waals surface area contributed by atoms with Gasteiger partial charge < -0.3 is 9.80 Å². The van der Waals surface area contributed by atoms with Gasteiger partial charge in [0.2, 0.25) is 9.84 Å². The van der Waals surface area contributed by atoms with Crippen LogP contribution in [0.15, 0.2) is 88.9 Å². The molecule has 3 heterocycles. The minimum atomic E-state index is -3.57. The van der Waals surface area contributed by atoms with Gasteiger partial charge in [-0.2, -0.15) is 5.26 Å². The molecule has 0 N–H and O–H groups in total. The molecule has 3 aromatic rings. The van der Waals surface area contributed by atoms with E-state index in [1.54, 1.807) is 12.1 Å². The van der Waals surface area contributed by atoms with E-state index in [9.17, 15) is 22.1 Å². The van der Waals surface area contributed by atoms with Gasteiger partial charge >= 0.3 is 0 Å². The van der Waals surface area contributed by atoms with Crippen LogP contribution in [-0.4, -0.2) is 71.5 Å². The summed E-state index contributed by atoms with van der Waals surface area (Å²) in [5.74, 6) is 0.770. The molecule has 0 aliphatic carbocycles. The minimum Gasteiger partial charge on any atom is -0.371 e. The number of nitrogens with zero attached hydrogens (tertiary/aromatic N) is 4. The van der Waals surface area contributed by atoms with E-state index < -0.39 is 25.1 Å². The molecule has 2 aliphatic heterocycles. The first-order valence-electron chi connectivity index (χ1n) is 15.9. The SMILES string of the molecule is CCC[C@@H](CC(C#N)(c1ccccc1)C1CCN(CC2CN(c3ccc(S(=O)(=O)c4ccncc4)cc3)C2)CC1)CS(C)(=O)=O. The van der Waals surface area contributed by atoms with Gasteiger partial charge in [0.1, 0.15) is 9.84 Å². The summed E-state index contributed by atoms with van der Waals surface area (Å²) in [7, 11) is -6.72. The predicted molar refractivity (Wildman–Crippen MR) is 177 cm³/mol. The molecular weight excluding hydrogens is 605 g/mol. The van der Waals surface area contributed by atoms with Crippen molar-refractivity contribution in [1.82, 2.24) is 9.88 Å². The molecule has 2 aromatic carbocycles. The Labute approximate surface area is 268 Å². The van der Waals surface area contributed by atoms with Gasteiger partial charge in [-0.15, -0.1) is 0 Å². The fourth-order valence-corrected chi connectivity index (χ4v) is 9.74. The van der Waals surface area contributed by atoms with Crippen molar-refractivity contribution in [3.05, 3.63) is 84.7 Å². The van der Waals surface area contributed by atoms with Crippen LogP contribution >= 0.6 is 0 Å². The van der Waals surface area contributed by atoms with Gasteiger partial charge in [0.25, 0.3) is 0 Å². The Bertz CT molecular complexity index is 1660. The number of hydrogen-bond acceptors (Lipinski definition) is 8. The average Bonchev–Trinajstić information content (AvgIpc) is 3.02. The van der Waals surface area contributed by atoms with Crippen LogP contribution in [0, 0.1) is 29.1 Å². The van der Waals surface area contributed by atoms with Crippen molar-refractivity contribution in [3.63, 3.8) is 0 Å². The lowest BCUT2D eigenvalue weighted by atomic mass is 9.63.